The fourth-order valence-corrected chi connectivity index (χ4v) is 6.19. The van der Waals surface area contributed by atoms with Crippen LogP contribution in [0.25, 0.3) is 0 Å². The predicted molar refractivity (Wildman–Crippen MR) is 132 cm³/mol. The Balaban J connectivity index is 1.25. The molecular weight excluding hydrogens is 450 g/mol. The van der Waals surface area contributed by atoms with Crippen molar-refractivity contribution in [2.75, 3.05) is 60.5 Å². The fourth-order valence-electron chi connectivity index (χ4n) is 6.19. The lowest BCUT2D eigenvalue weighted by Crippen LogP contribution is -2.63. The third kappa shape index (κ3) is 7.07. The van der Waals surface area contributed by atoms with Crippen LogP contribution >= 0.6 is 0 Å². The van der Waals surface area contributed by atoms with Crippen LogP contribution in [0.2, 0.25) is 0 Å². The fraction of sp³-hybridized carbons (Fsp3) is 0.920. The summed E-state index contributed by atoms with van der Waals surface area (Å²) in [6.45, 7) is 4.95. The highest BCUT2D eigenvalue weighted by molar-refractivity contribution is 5.74. The normalized spacial score (nSPS) is 37.0. The number of nitrogens with one attached hydrogen (secondary N) is 3. The Morgan fingerprint density at radius 1 is 0.886 bits per heavy atom. The minimum absolute atomic E-state index is 0.0234. The summed E-state index contributed by atoms with van der Waals surface area (Å²) in [6, 6.07) is 0.153. The molecule has 200 valence electrons. The Morgan fingerprint density at radius 3 is 2.20 bits per heavy atom. The molecule has 2 heterocycles. The topological polar surface area (TPSA) is 104 Å². The van der Waals surface area contributed by atoms with E-state index in [1.165, 1.54) is 20.0 Å². The van der Waals surface area contributed by atoms with Crippen LogP contribution in [0, 0.1) is 17.8 Å². The molecule has 10 heteroatoms. The second kappa shape index (κ2) is 12.7. The van der Waals surface area contributed by atoms with Crippen LogP contribution in [0.1, 0.15) is 44.9 Å². The number of esters is 1. The molecular formula is C25H45N5O5. The third-order valence-electron chi connectivity index (χ3n) is 8.60. The first-order valence-corrected chi connectivity index (χ1v) is 13.4. The molecule has 4 rings (SSSR count). The van der Waals surface area contributed by atoms with Crippen LogP contribution in [-0.2, 0) is 19.0 Å². The maximum Gasteiger partial charge on any atom is 0.410 e. The summed E-state index contributed by atoms with van der Waals surface area (Å²) >= 11 is 0. The maximum absolute atomic E-state index is 12.8. The molecule has 0 bridgehead atoms. The van der Waals surface area contributed by atoms with Gasteiger partial charge in [-0.25, -0.2) is 4.79 Å². The largest absolute Gasteiger partial charge is 0.469 e. The Kier molecular flexibility index (Phi) is 9.63. The van der Waals surface area contributed by atoms with Gasteiger partial charge in [-0.15, -0.1) is 0 Å². The van der Waals surface area contributed by atoms with Crippen LogP contribution in [0.15, 0.2) is 0 Å². The van der Waals surface area contributed by atoms with Gasteiger partial charge in [-0.05, 0) is 57.4 Å². The van der Waals surface area contributed by atoms with Gasteiger partial charge in [-0.2, -0.15) is 0 Å². The molecule has 0 spiro atoms. The van der Waals surface area contributed by atoms with Gasteiger partial charge in [0.05, 0.1) is 19.1 Å². The minimum Gasteiger partial charge on any atom is -0.469 e. The maximum atomic E-state index is 12.8. The standard InChI is InChI=1S/C25H45N5O5/c1-29-10-12-30(13-11-29)25(32)35-22-14-19(6-9-21(22)23(31)34-3)28-24-26-15-18(16-27-24)17-4-7-20(33-2)8-5-17/h17-22,24,26-28H,4-16H2,1-3H3. The summed E-state index contributed by atoms with van der Waals surface area (Å²) in [6.07, 6.45) is 6.54. The highest BCUT2D eigenvalue weighted by Gasteiger charge is 2.40. The molecule has 0 radical (unpaired) electrons. The number of rotatable bonds is 6. The summed E-state index contributed by atoms with van der Waals surface area (Å²) in [5.41, 5.74) is 0. The van der Waals surface area contributed by atoms with Gasteiger partial charge in [0.2, 0.25) is 0 Å². The van der Waals surface area contributed by atoms with Crippen LogP contribution in [0.3, 0.4) is 0 Å². The van der Waals surface area contributed by atoms with Crippen molar-refractivity contribution in [2.24, 2.45) is 17.8 Å². The molecule has 2 aliphatic carbocycles. The molecule has 4 fully saturated rings. The lowest BCUT2D eigenvalue weighted by molar-refractivity contribution is -0.152. The Morgan fingerprint density at radius 2 is 1.57 bits per heavy atom. The molecule has 10 nitrogen and oxygen atoms in total. The molecule has 3 unspecified atom stereocenters. The number of carbonyl (C=O) groups is 2. The second-order valence-corrected chi connectivity index (χ2v) is 10.8. The summed E-state index contributed by atoms with van der Waals surface area (Å²) in [7, 11) is 5.27. The van der Waals surface area contributed by atoms with Gasteiger partial charge in [0.1, 0.15) is 12.4 Å². The van der Waals surface area contributed by atoms with E-state index >= 15 is 0 Å². The number of hydrogen-bond donors (Lipinski definition) is 3. The molecule has 1 amide bonds. The van der Waals surface area contributed by atoms with Crippen molar-refractivity contribution >= 4 is 12.1 Å². The summed E-state index contributed by atoms with van der Waals surface area (Å²) in [5, 5.41) is 10.9. The highest BCUT2D eigenvalue weighted by atomic mass is 16.6. The van der Waals surface area contributed by atoms with Crippen LogP contribution < -0.4 is 16.0 Å². The molecule has 2 saturated heterocycles. The first-order chi connectivity index (χ1) is 17.0. The smallest absolute Gasteiger partial charge is 0.410 e. The quantitative estimate of drug-likeness (QED) is 0.465. The molecule has 4 aliphatic rings. The molecule has 3 N–H and O–H groups in total. The number of likely N-dealkylation sites (N-methyl/N-ethyl adjacent to an activating group) is 1. The van der Waals surface area contributed by atoms with Crippen molar-refractivity contribution in [1.82, 2.24) is 25.8 Å². The van der Waals surface area contributed by atoms with Crippen LogP contribution in [0.4, 0.5) is 4.79 Å². The van der Waals surface area contributed by atoms with Crippen molar-refractivity contribution in [3.8, 4) is 0 Å². The number of carbonyl (C=O) groups excluding carboxylic acids is 2. The van der Waals surface area contributed by atoms with E-state index in [2.05, 4.69) is 27.9 Å². The van der Waals surface area contributed by atoms with E-state index in [0.717, 1.165) is 51.4 Å². The first-order valence-electron chi connectivity index (χ1n) is 13.4. The third-order valence-corrected chi connectivity index (χ3v) is 8.60. The minimum atomic E-state index is -0.479. The van der Waals surface area contributed by atoms with E-state index in [0.29, 0.717) is 38.0 Å². The lowest BCUT2D eigenvalue weighted by atomic mass is 9.78. The van der Waals surface area contributed by atoms with Gasteiger partial charge in [-0.1, -0.05) is 0 Å². The number of piperazine rings is 1. The van der Waals surface area contributed by atoms with Gasteiger partial charge in [0.25, 0.3) is 0 Å². The Labute approximate surface area is 209 Å². The van der Waals surface area contributed by atoms with E-state index in [9.17, 15) is 9.59 Å². The lowest BCUT2D eigenvalue weighted by Gasteiger charge is -2.41. The van der Waals surface area contributed by atoms with Crippen LogP contribution in [0.5, 0.6) is 0 Å². The molecule has 3 atom stereocenters. The van der Waals surface area contributed by atoms with Gasteiger partial charge in [0, 0.05) is 58.8 Å². The van der Waals surface area contributed by atoms with E-state index < -0.39 is 12.0 Å². The first kappa shape index (κ1) is 26.6. The average Bonchev–Trinajstić information content (AvgIpc) is 2.89. The summed E-state index contributed by atoms with van der Waals surface area (Å²) in [5.74, 6) is 0.683. The van der Waals surface area contributed by atoms with Crippen LogP contribution in [-0.4, -0.2) is 107 Å². The van der Waals surface area contributed by atoms with Crippen molar-refractivity contribution in [3.63, 3.8) is 0 Å². The zero-order chi connectivity index (χ0) is 24.8. The Bertz CT molecular complexity index is 688. The number of hydrogen-bond acceptors (Lipinski definition) is 9. The van der Waals surface area contributed by atoms with Gasteiger partial charge >= 0.3 is 12.1 Å². The number of amides is 1. The van der Waals surface area contributed by atoms with Crippen molar-refractivity contribution in [1.29, 1.82) is 0 Å². The summed E-state index contributed by atoms with van der Waals surface area (Å²) in [4.78, 5) is 29.2. The zero-order valence-corrected chi connectivity index (χ0v) is 21.7. The molecule has 0 aromatic rings. The van der Waals surface area contributed by atoms with Gasteiger partial charge in [-0.3, -0.25) is 20.7 Å². The zero-order valence-electron chi connectivity index (χ0n) is 21.7. The molecule has 0 aromatic heterocycles. The molecule has 0 aromatic carbocycles. The van der Waals surface area contributed by atoms with Crippen molar-refractivity contribution in [2.45, 2.75) is 69.5 Å². The average molecular weight is 496 g/mol. The predicted octanol–water partition coefficient (Wildman–Crippen LogP) is 0.968. The van der Waals surface area contributed by atoms with Crippen molar-refractivity contribution < 1.29 is 23.8 Å². The van der Waals surface area contributed by atoms with Gasteiger partial charge in [0.15, 0.2) is 0 Å². The molecule has 2 aliphatic heterocycles. The highest BCUT2D eigenvalue weighted by Crippen LogP contribution is 2.32. The van der Waals surface area contributed by atoms with Gasteiger partial charge < -0.3 is 24.0 Å². The second-order valence-electron chi connectivity index (χ2n) is 10.8. The monoisotopic (exact) mass is 495 g/mol. The van der Waals surface area contributed by atoms with E-state index in [-0.39, 0.29) is 24.4 Å². The SMILES string of the molecule is COC(=O)C1CCC(NC2NCC(C3CCC(OC)CC3)CN2)CC1OC(=O)N1CCN(C)CC1. The number of nitrogens with zero attached hydrogens (tertiary/aromatic N) is 2. The molecule has 35 heavy (non-hydrogen) atoms. The van der Waals surface area contributed by atoms with E-state index in [1.807, 2.05) is 7.11 Å². The molecule has 2 saturated carbocycles. The number of ether oxygens (including phenoxy) is 3. The van der Waals surface area contributed by atoms with E-state index in [1.54, 1.807) is 4.90 Å². The Hall–Kier alpha value is -1.46. The van der Waals surface area contributed by atoms with Crippen molar-refractivity contribution in [3.05, 3.63) is 0 Å². The number of methoxy groups -OCH3 is 2. The summed E-state index contributed by atoms with van der Waals surface area (Å²) < 4.78 is 16.5. The van der Waals surface area contributed by atoms with E-state index in [4.69, 9.17) is 14.2 Å².